The molecule has 2 fully saturated rings. The predicted octanol–water partition coefficient (Wildman–Crippen LogP) is 3.40. The molecule has 0 radical (unpaired) electrons. The van der Waals surface area contributed by atoms with E-state index in [9.17, 15) is 0 Å². The molecule has 0 bridgehead atoms. The third kappa shape index (κ3) is 3.08. The summed E-state index contributed by atoms with van der Waals surface area (Å²) in [7, 11) is 0. The van der Waals surface area contributed by atoms with E-state index in [1.165, 1.54) is 51.5 Å². The first-order valence-corrected chi connectivity index (χ1v) is 8.17. The Bertz CT molecular complexity index is 253. The summed E-state index contributed by atoms with van der Waals surface area (Å²) < 4.78 is 0. The van der Waals surface area contributed by atoms with Gasteiger partial charge >= 0.3 is 0 Å². The van der Waals surface area contributed by atoms with Crippen molar-refractivity contribution in [2.24, 2.45) is 17.6 Å². The van der Waals surface area contributed by atoms with Crippen molar-refractivity contribution in [3.63, 3.8) is 0 Å². The Morgan fingerprint density at radius 2 is 1.83 bits per heavy atom. The van der Waals surface area contributed by atoms with Gasteiger partial charge in [0.1, 0.15) is 0 Å². The second-order valence-corrected chi connectivity index (χ2v) is 6.70. The topological polar surface area (TPSA) is 29.3 Å². The van der Waals surface area contributed by atoms with Crippen molar-refractivity contribution in [3.05, 3.63) is 0 Å². The Balaban J connectivity index is 1.94. The van der Waals surface area contributed by atoms with Crippen molar-refractivity contribution in [2.75, 3.05) is 6.54 Å². The summed E-state index contributed by atoms with van der Waals surface area (Å²) in [6.45, 7) is 8.34. The van der Waals surface area contributed by atoms with Crippen LogP contribution in [0, 0.1) is 11.8 Å². The molecule has 1 saturated heterocycles. The van der Waals surface area contributed by atoms with E-state index in [1.807, 2.05) is 0 Å². The number of hydrogen-bond acceptors (Lipinski definition) is 2. The van der Waals surface area contributed by atoms with Gasteiger partial charge in [0.05, 0.1) is 0 Å². The molecule has 2 heteroatoms. The highest BCUT2D eigenvalue weighted by Crippen LogP contribution is 2.34. The fourth-order valence-electron chi connectivity index (χ4n) is 4.13. The first kappa shape index (κ1) is 14.3. The van der Waals surface area contributed by atoms with Gasteiger partial charge in [0, 0.05) is 24.7 Å². The van der Waals surface area contributed by atoms with Crippen molar-refractivity contribution < 1.29 is 0 Å². The summed E-state index contributed by atoms with van der Waals surface area (Å²) >= 11 is 0. The van der Waals surface area contributed by atoms with Crippen LogP contribution in [0.1, 0.15) is 65.7 Å². The SMILES string of the molecule is CCC1CCC(N)C(CN2C(C)CCC2CC)C1. The highest BCUT2D eigenvalue weighted by atomic mass is 15.2. The van der Waals surface area contributed by atoms with Crippen LogP contribution in [0.4, 0.5) is 0 Å². The predicted molar refractivity (Wildman–Crippen MR) is 78.6 cm³/mol. The van der Waals surface area contributed by atoms with Crippen LogP contribution in [0.5, 0.6) is 0 Å². The number of rotatable bonds is 4. The van der Waals surface area contributed by atoms with Crippen molar-refractivity contribution in [3.8, 4) is 0 Å². The maximum atomic E-state index is 6.38. The van der Waals surface area contributed by atoms with Crippen molar-refractivity contribution in [1.29, 1.82) is 0 Å². The van der Waals surface area contributed by atoms with Crippen LogP contribution >= 0.6 is 0 Å². The molecule has 0 amide bonds. The standard InChI is InChI=1S/C16H32N2/c1-4-13-7-9-16(17)14(10-13)11-18-12(3)6-8-15(18)5-2/h12-16H,4-11,17H2,1-3H3. The Labute approximate surface area is 113 Å². The highest BCUT2D eigenvalue weighted by Gasteiger charge is 2.34. The van der Waals surface area contributed by atoms with Gasteiger partial charge in [-0.15, -0.1) is 0 Å². The first-order chi connectivity index (χ1) is 8.65. The number of nitrogens with zero attached hydrogens (tertiary/aromatic N) is 1. The van der Waals surface area contributed by atoms with E-state index in [0.717, 1.165) is 23.9 Å². The van der Waals surface area contributed by atoms with Gasteiger partial charge in [-0.1, -0.05) is 20.3 Å². The molecule has 5 atom stereocenters. The summed E-state index contributed by atoms with van der Waals surface area (Å²) in [5.41, 5.74) is 6.38. The van der Waals surface area contributed by atoms with Gasteiger partial charge in [0.2, 0.25) is 0 Å². The number of nitrogens with two attached hydrogens (primary N) is 1. The van der Waals surface area contributed by atoms with Crippen LogP contribution in [-0.2, 0) is 0 Å². The molecule has 1 heterocycles. The van der Waals surface area contributed by atoms with Gasteiger partial charge in [-0.25, -0.2) is 0 Å². The molecule has 2 rings (SSSR count). The second-order valence-electron chi connectivity index (χ2n) is 6.70. The monoisotopic (exact) mass is 252 g/mol. The van der Waals surface area contributed by atoms with Crippen molar-refractivity contribution in [2.45, 2.75) is 83.8 Å². The molecule has 0 aromatic carbocycles. The lowest BCUT2D eigenvalue weighted by atomic mass is 9.77. The largest absolute Gasteiger partial charge is 0.327 e. The molecule has 1 saturated carbocycles. The number of likely N-dealkylation sites (tertiary alicyclic amines) is 1. The molecule has 106 valence electrons. The summed E-state index contributed by atoms with van der Waals surface area (Å²) in [5, 5.41) is 0. The molecular formula is C16H32N2. The summed E-state index contributed by atoms with van der Waals surface area (Å²) in [4.78, 5) is 2.77. The van der Waals surface area contributed by atoms with Gasteiger partial charge in [0.15, 0.2) is 0 Å². The molecule has 0 aromatic rings. The molecule has 1 aliphatic heterocycles. The Morgan fingerprint density at radius 3 is 2.50 bits per heavy atom. The minimum atomic E-state index is 0.457. The van der Waals surface area contributed by atoms with Crippen LogP contribution in [0.2, 0.25) is 0 Å². The molecule has 18 heavy (non-hydrogen) atoms. The number of hydrogen-bond donors (Lipinski definition) is 1. The molecule has 2 nitrogen and oxygen atoms in total. The van der Waals surface area contributed by atoms with Gasteiger partial charge in [-0.05, 0) is 57.3 Å². The molecule has 2 N–H and O–H groups in total. The summed E-state index contributed by atoms with van der Waals surface area (Å²) in [6, 6.07) is 2.07. The normalized spacial score (nSPS) is 42.3. The maximum Gasteiger partial charge on any atom is 0.00961 e. The van der Waals surface area contributed by atoms with E-state index in [4.69, 9.17) is 5.73 Å². The van der Waals surface area contributed by atoms with E-state index in [-0.39, 0.29) is 0 Å². The lowest BCUT2D eigenvalue weighted by Crippen LogP contribution is -2.46. The van der Waals surface area contributed by atoms with Crippen LogP contribution in [0.3, 0.4) is 0 Å². The quantitative estimate of drug-likeness (QED) is 0.831. The Hall–Kier alpha value is -0.0800. The second kappa shape index (κ2) is 6.38. The zero-order valence-corrected chi connectivity index (χ0v) is 12.6. The fraction of sp³-hybridized carbons (Fsp3) is 1.00. The van der Waals surface area contributed by atoms with E-state index in [2.05, 4.69) is 25.7 Å². The summed E-state index contributed by atoms with van der Waals surface area (Å²) in [5.74, 6) is 1.69. The third-order valence-corrected chi connectivity index (χ3v) is 5.60. The van der Waals surface area contributed by atoms with Gasteiger partial charge in [-0.3, -0.25) is 4.90 Å². The first-order valence-electron chi connectivity index (χ1n) is 8.17. The van der Waals surface area contributed by atoms with Crippen LogP contribution in [-0.4, -0.2) is 29.6 Å². The van der Waals surface area contributed by atoms with Gasteiger partial charge in [-0.2, -0.15) is 0 Å². The summed E-state index contributed by atoms with van der Waals surface area (Å²) in [6.07, 6.45) is 9.43. The maximum absolute atomic E-state index is 6.38. The molecule has 1 aliphatic carbocycles. The van der Waals surface area contributed by atoms with E-state index >= 15 is 0 Å². The smallest absolute Gasteiger partial charge is 0.00961 e. The molecular weight excluding hydrogens is 220 g/mol. The van der Waals surface area contributed by atoms with Crippen LogP contribution in [0.15, 0.2) is 0 Å². The zero-order valence-electron chi connectivity index (χ0n) is 12.6. The molecule has 5 unspecified atom stereocenters. The van der Waals surface area contributed by atoms with Gasteiger partial charge in [0.25, 0.3) is 0 Å². The lowest BCUT2D eigenvalue weighted by molar-refractivity contribution is 0.119. The minimum Gasteiger partial charge on any atom is -0.327 e. The average molecular weight is 252 g/mol. The molecule has 2 aliphatic rings. The average Bonchev–Trinajstić information content (AvgIpc) is 2.73. The highest BCUT2D eigenvalue weighted by molar-refractivity contribution is 4.90. The van der Waals surface area contributed by atoms with E-state index in [1.54, 1.807) is 0 Å². The van der Waals surface area contributed by atoms with E-state index in [0.29, 0.717) is 6.04 Å². The van der Waals surface area contributed by atoms with E-state index < -0.39 is 0 Å². The third-order valence-electron chi connectivity index (χ3n) is 5.60. The van der Waals surface area contributed by atoms with Crippen LogP contribution < -0.4 is 5.73 Å². The molecule has 0 spiro atoms. The van der Waals surface area contributed by atoms with Crippen LogP contribution in [0.25, 0.3) is 0 Å². The zero-order chi connectivity index (χ0) is 13.1. The minimum absolute atomic E-state index is 0.457. The molecule has 0 aromatic heterocycles. The lowest BCUT2D eigenvalue weighted by Gasteiger charge is -2.39. The van der Waals surface area contributed by atoms with Crippen molar-refractivity contribution >= 4 is 0 Å². The Morgan fingerprint density at radius 1 is 1.06 bits per heavy atom. The van der Waals surface area contributed by atoms with Gasteiger partial charge < -0.3 is 5.73 Å². The fourth-order valence-corrected chi connectivity index (χ4v) is 4.13. The Kier molecular flexibility index (Phi) is 5.08. The van der Waals surface area contributed by atoms with Crippen molar-refractivity contribution in [1.82, 2.24) is 4.90 Å².